The van der Waals surface area contributed by atoms with Gasteiger partial charge in [0.05, 0.1) is 12.0 Å². The van der Waals surface area contributed by atoms with E-state index in [0.717, 1.165) is 0 Å². The number of nitro benzene ring substituents is 1. The Bertz CT molecular complexity index is 516. The zero-order chi connectivity index (χ0) is 13.7. The van der Waals surface area contributed by atoms with Gasteiger partial charge in [0, 0.05) is 12.1 Å². The summed E-state index contributed by atoms with van der Waals surface area (Å²) in [6.45, 7) is 1.24. The number of esters is 1. The summed E-state index contributed by atoms with van der Waals surface area (Å²) in [6.07, 6.45) is 1.33. The van der Waals surface area contributed by atoms with Crippen LogP contribution in [-0.2, 0) is 14.3 Å². The van der Waals surface area contributed by atoms with Crippen molar-refractivity contribution in [3.63, 3.8) is 0 Å². The molecule has 1 aromatic rings. The van der Waals surface area contributed by atoms with Gasteiger partial charge in [-0.3, -0.25) is 14.9 Å². The normalized spacial score (nSPS) is 10.9. The molecule has 94 valence electrons. The molecular formula is C12H11NO5. The highest BCUT2D eigenvalue weighted by atomic mass is 16.6. The van der Waals surface area contributed by atoms with E-state index in [0.29, 0.717) is 5.56 Å². The van der Waals surface area contributed by atoms with Crippen LogP contribution in [0.4, 0.5) is 5.69 Å². The Kier molecular flexibility index (Phi) is 4.31. The Morgan fingerprint density at radius 1 is 1.28 bits per heavy atom. The SMILES string of the molecule is COC(=O)/C(=C/c1ccc([N+](=O)[O-])cc1)C(C)=O. The van der Waals surface area contributed by atoms with Gasteiger partial charge in [-0.15, -0.1) is 0 Å². The van der Waals surface area contributed by atoms with Gasteiger partial charge >= 0.3 is 5.97 Å². The number of ether oxygens (including phenoxy) is 1. The van der Waals surface area contributed by atoms with Crippen LogP contribution in [0.2, 0.25) is 0 Å². The molecule has 1 rings (SSSR count). The third kappa shape index (κ3) is 3.24. The lowest BCUT2D eigenvalue weighted by Crippen LogP contribution is -2.11. The number of nitrogens with zero attached hydrogens (tertiary/aromatic N) is 1. The van der Waals surface area contributed by atoms with Crippen molar-refractivity contribution >= 4 is 23.5 Å². The van der Waals surface area contributed by atoms with Gasteiger partial charge in [0.25, 0.3) is 5.69 Å². The van der Waals surface area contributed by atoms with Crippen molar-refractivity contribution in [2.75, 3.05) is 7.11 Å². The number of hydrogen-bond donors (Lipinski definition) is 0. The summed E-state index contributed by atoms with van der Waals surface area (Å²) in [7, 11) is 1.18. The Morgan fingerprint density at radius 3 is 2.22 bits per heavy atom. The number of Topliss-reactive ketones (excluding diaryl/α,β-unsaturated/α-hetero) is 1. The highest BCUT2D eigenvalue weighted by molar-refractivity contribution is 6.19. The molecule has 1 aromatic carbocycles. The molecule has 0 radical (unpaired) electrons. The van der Waals surface area contributed by atoms with E-state index >= 15 is 0 Å². The van der Waals surface area contributed by atoms with Crippen LogP contribution in [0.1, 0.15) is 12.5 Å². The summed E-state index contributed by atoms with van der Waals surface area (Å²) >= 11 is 0. The van der Waals surface area contributed by atoms with Gasteiger partial charge in [0.15, 0.2) is 5.78 Å². The van der Waals surface area contributed by atoms with Crippen LogP contribution in [0.5, 0.6) is 0 Å². The van der Waals surface area contributed by atoms with Crippen molar-refractivity contribution in [1.82, 2.24) is 0 Å². The smallest absolute Gasteiger partial charge is 0.341 e. The van der Waals surface area contributed by atoms with Crippen molar-refractivity contribution in [2.24, 2.45) is 0 Å². The van der Waals surface area contributed by atoms with E-state index in [2.05, 4.69) is 4.74 Å². The number of carbonyl (C=O) groups excluding carboxylic acids is 2. The molecule has 0 bridgehead atoms. The van der Waals surface area contributed by atoms with Gasteiger partial charge in [-0.25, -0.2) is 4.79 Å². The van der Waals surface area contributed by atoms with Crippen LogP contribution in [0, 0.1) is 10.1 Å². The Hall–Kier alpha value is -2.50. The number of benzene rings is 1. The molecule has 0 unspecified atom stereocenters. The highest BCUT2D eigenvalue weighted by Crippen LogP contribution is 2.15. The van der Waals surface area contributed by atoms with Crippen molar-refractivity contribution in [3.8, 4) is 0 Å². The molecule has 18 heavy (non-hydrogen) atoms. The molecule has 0 aromatic heterocycles. The van der Waals surface area contributed by atoms with Crippen molar-refractivity contribution in [2.45, 2.75) is 6.92 Å². The third-order valence-corrected chi connectivity index (χ3v) is 2.20. The number of non-ortho nitro benzene ring substituents is 1. The second-order valence-electron chi connectivity index (χ2n) is 3.45. The van der Waals surface area contributed by atoms with Gasteiger partial charge in [-0.05, 0) is 30.7 Å². The fraction of sp³-hybridized carbons (Fsp3) is 0.167. The third-order valence-electron chi connectivity index (χ3n) is 2.20. The fourth-order valence-corrected chi connectivity index (χ4v) is 1.27. The van der Waals surface area contributed by atoms with Crippen LogP contribution < -0.4 is 0 Å². The summed E-state index contributed by atoms with van der Waals surface area (Å²) in [5, 5.41) is 10.5. The predicted octanol–water partition coefficient (Wildman–Crippen LogP) is 1.74. The summed E-state index contributed by atoms with van der Waals surface area (Å²) in [5.41, 5.74) is 0.345. The maximum Gasteiger partial charge on any atom is 0.341 e. The molecule has 0 fully saturated rings. The van der Waals surface area contributed by atoms with Crippen LogP contribution in [0.15, 0.2) is 29.8 Å². The summed E-state index contributed by atoms with van der Waals surface area (Å²) in [5.74, 6) is -1.17. The first-order chi connectivity index (χ1) is 8.45. The second-order valence-corrected chi connectivity index (χ2v) is 3.45. The first-order valence-corrected chi connectivity index (χ1v) is 5.01. The highest BCUT2D eigenvalue weighted by Gasteiger charge is 2.14. The summed E-state index contributed by atoms with van der Waals surface area (Å²) in [4.78, 5) is 32.5. The average Bonchev–Trinajstić information content (AvgIpc) is 2.35. The number of hydrogen-bond acceptors (Lipinski definition) is 5. The minimum Gasteiger partial charge on any atom is -0.465 e. The van der Waals surface area contributed by atoms with Crippen LogP contribution in [0.25, 0.3) is 6.08 Å². The molecule has 0 amide bonds. The maximum absolute atomic E-state index is 11.3. The van der Waals surface area contributed by atoms with E-state index in [4.69, 9.17) is 0 Å². The lowest BCUT2D eigenvalue weighted by Gasteiger charge is -2.01. The van der Waals surface area contributed by atoms with Crippen molar-refractivity contribution < 1.29 is 19.2 Å². The van der Waals surface area contributed by atoms with Crippen molar-refractivity contribution in [3.05, 3.63) is 45.5 Å². The zero-order valence-corrected chi connectivity index (χ0v) is 9.88. The summed E-state index contributed by atoms with van der Waals surface area (Å²) in [6, 6.07) is 5.48. The van der Waals surface area contributed by atoms with E-state index in [9.17, 15) is 19.7 Å². The number of rotatable bonds is 4. The average molecular weight is 249 g/mol. The zero-order valence-electron chi connectivity index (χ0n) is 9.88. The molecule has 6 heteroatoms. The minimum absolute atomic E-state index is 0.0606. The van der Waals surface area contributed by atoms with Gasteiger partial charge < -0.3 is 4.74 Å². The molecule has 0 aliphatic heterocycles. The largest absolute Gasteiger partial charge is 0.465 e. The Morgan fingerprint density at radius 2 is 1.83 bits per heavy atom. The lowest BCUT2D eigenvalue weighted by molar-refractivity contribution is -0.384. The monoisotopic (exact) mass is 249 g/mol. The van der Waals surface area contributed by atoms with E-state index in [-0.39, 0.29) is 11.3 Å². The lowest BCUT2D eigenvalue weighted by atomic mass is 10.1. The molecule has 6 nitrogen and oxygen atoms in total. The molecule has 0 heterocycles. The first kappa shape index (κ1) is 13.6. The van der Waals surface area contributed by atoms with E-state index in [1.165, 1.54) is 44.4 Å². The molecule has 0 spiro atoms. The molecule has 0 aliphatic rings. The summed E-state index contributed by atoms with van der Waals surface area (Å²) < 4.78 is 4.47. The van der Waals surface area contributed by atoms with Crippen LogP contribution in [0.3, 0.4) is 0 Å². The van der Waals surface area contributed by atoms with Gasteiger partial charge in [0.2, 0.25) is 0 Å². The Labute approximate surface area is 103 Å². The molecular weight excluding hydrogens is 238 g/mol. The quantitative estimate of drug-likeness (QED) is 0.202. The van der Waals surface area contributed by atoms with Crippen molar-refractivity contribution in [1.29, 1.82) is 0 Å². The molecule has 0 N–H and O–H groups in total. The topological polar surface area (TPSA) is 86.5 Å². The number of ketones is 1. The van der Waals surface area contributed by atoms with E-state index in [1.807, 2.05) is 0 Å². The standard InChI is InChI=1S/C12H11NO5/c1-8(14)11(12(15)18-2)7-9-3-5-10(6-4-9)13(16)17/h3-7H,1-2H3/b11-7+. The molecule has 0 atom stereocenters. The number of nitro groups is 1. The second kappa shape index (κ2) is 5.72. The van der Waals surface area contributed by atoms with E-state index < -0.39 is 16.7 Å². The molecule has 0 saturated heterocycles. The molecule has 0 saturated carbocycles. The molecule has 0 aliphatic carbocycles. The maximum atomic E-state index is 11.3. The van der Waals surface area contributed by atoms with Gasteiger partial charge in [-0.2, -0.15) is 0 Å². The minimum atomic E-state index is -0.735. The number of carbonyl (C=O) groups is 2. The number of methoxy groups -OCH3 is 1. The van der Waals surface area contributed by atoms with E-state index in [1.54, 1.807) is 0 Å². The fourth-order valence-electron chi connectivity index (χ4n) is 1.27. The van der Waals surface area contributed by atoms with Gasteiger partial charge in [-0.1, -0.05) is 0 Å². The first-order valence-electron chi connectivity index (χ1n) is 5.01. The Balaban J connectivity index is 3.09. The van der Waals surface area contributed by atoms with Crippen LogP contribution >= 0.6 is 0 Å². The van der Waals surface area contributed by atoms with Gasteiger partial charge in [0.1, 0.15) is 5.57 Å². The predicted molar refractivity (Wildman–Crippen MR) is 63.8 cm³/mol. The van der Waals surface area contributed by atoms with Crippen LogP contribution in [-0.4, -0.2) is 23.8 Å².